The maximum absolute atomic E-state index is 11.8. The Kier molecular flexibility index (Phi) is 5.54. The number of rotatable bonds is 7. The molecule has 0 aliphatic carbocycles. The number of hydrogen-bond donors (Lipinski definition) is 1. The van der Waals surface area contributed by atoms with Crippen molar-refractivity contribution >= 4 is 5.97 Å². The molecule has 1 heterocycles. The van der Waals surface area contributed by atoms with Gasteiger partial charge in [-0.2, -0.15) is 5.10 Å². The van der Waals surface area contributed by atoms with Crippen LogP contribution in [0.15, 0.2) is 6.07 Å². The number of esters is 1. The number of hydrogen-bond acceptors (Lipinski definition) is 4. The van der Waals surface area contributed by atoms with Crippen molar-refractivity contribution in [3.05, 3.63) is 17.5 Å². The Morgan fingerprint density at radius 1 is 1.47 bits per heavy atom. The smallest absolute Gasteiger partial charge is 0.325 e. The lowest BCUT2D eigenvalue weighted by molar-refractivity contribution is -0.148. The van der Waals surface area contributed by atoms with Gasteiger partial charge in [0.25, 0.3) is 0 Å². The van der Waals surface area contributed by atoms with Crippen LogP contribution >= 0.6 is 0 Å². The van der Waals surface area contributed by atoms with Crippen LogP contribution in [0.25, 0.3) is 0 Å². The molecule has 0 radical (unpaired) electrons. The van der Waals surface area contributed by atoms with Gasteiger partial charge in [-0.3, -0.25) is 9.48 Å². The number of nitrogens with zero attached hydrogens (tertiary/aromatic N) is 2. The van der Waals surface area contributed by atoms with Crippen LogP contribution in [-0.2, 0) is 28.9 Å². The molecule has 1 aromatic rings. The lowest BCUT2D eigenvalue weighted by atomic mass is 9.98. The molecule has 1 N–H and O–H groups in total. The highest BCUT2D eigenvalue weighted by Gasteiger charge is 2.32. The second-order valence-corrected chi connectivity index (χ2v) is 4.88. The summed E-state index contributed by atoms with van der Waals surface area (Å²) < 4.78 is 6.84. The molecule has 1 rings (SSSR count). The lowest BCUT2D eigenvalue weighted by Gasteiger charge is -2.26. The molecule has 0 aliphatic heterocycles. The number of methoxy groups -OCH3 is 1. The molecule has 19 heavy (non-hydrogen) atoms. The highest BCUT2D eigenvalue weighted by atomic mass is 16.5. The van der Waals surface area contributed by atoms with Gasteiger partial charge in [0.15, 0.2) is 0 Å². The van der Waals surface area contributed by atoms with Crippen molar-refractivity contribution in [2.75, 3.05) is 14.2 Å². The third-order valence-corrected chi connectivity index (χ3v) is 3.65. The summed E-state index contributed by atoms with van der Waals surface area (Å²) in [6.45, 7) is 6.77. The third-order valence-electron chi connectivity index (χ3n) is 3.65. The Bertz CT molecular complexity index is 428. The van der Waals surface area contributed by atoms with Crippen LogP contribution in [0.1, 0.15) is 38.6 Å². The highest BCUT2D eigenvalue weighted by Crippen LogP contribution is 2.15. The Hall–Kier alpha value is -1.36. The van der Waals surface area contributed by atoms with E-state index >= 15 is 0 Å². The minimum absolute atomic E-state index is 0.240. The summed E-state index contributed by atoms with van der Waals surface area (Å²) in [6.07, 6.45) is 2.52. The molecule has 0 fully saturated rings. The average molecular weight is 267 g/mol. The van der Waals surface area contributed by atoms with Gasteiger partial charge in [-0.15, -0.1) is 0 Å². The molecular formula is C14H25N3O2. The standard InChI is InChI=1S/C14H25N3O2/c1-6-11-10-12(7-2)17(16-11)9-8-14(3,15-4)13(18)19-5/h10,15H,6-9H2,1-5H3. The lowest BCUT2D eigenvalue weighted by Crippen LogP contribution is -2.49. The number of ether oxygens (including phenoxy) is 1. The summed E-state index contributed by atoms with van der Waals surface area (Å²) in [4.78, 5) is 11.8. The van der Waals surface area contributed by atoms with Crippen LogP contribution in [0.2, 0.25) is 0 Å². The van der Waals surface area contributed by atoms with Crippen LogP contribution in [0.5, 0.6) is 0 Å². The maximum atomic E-state index is 11.8. The van der Waals surface area contributed by atoms with E-state index < -0.39 is 5.54 Å². The van der Waals surface area contributed by atoms with Gasteiger partial charge in [-0.25, -0.2) is 0 Å². The normalized spacial score (nSPS) is 14.2. The Balaban J connectivity index is 2.79. The van der Waals surface area contributed by atoms with Crippen molar-refractivity contribution in [2.45, 2.75) is 52.1 Å². The third kappa shape index (κ3) is 3.56. The summed E-state index contributed by atoms with van der Waals surface area (Å²) in [5, 5.41) is 7.60. The molecule has 5 nitrogen and oxygen atoms in total. The van der Waals surface area contributed by atoms with Crippen LogP contribution in [0.3, 0.4) is 0 Å². The summed E-state index contributed by atoms with van der Waals surface area (Å²) in [5.41, 5.74) is 1.64. The molecule has 0 bridgehead atoms. The number of nitrogens with one attached hydrogen (secondary N) is 1. The van der Waals surface area contributed by atoms with Gasteiger partial charge < -0.3 is 10.1 Å². The summed E-state index contributed by atoms with van der Waals surface area (Å²) in [5.74, 6) is -0.240. The van der Waals surface area contributed by atoms with Gasteiger partial charge in [0.2, 0.25) is 0 Å². The van der Waals surface area contributed by atoms with Crippen molar-refractivity contribution < 1.29 is 9.53 Å². The molecule has 0 spiro atoms. The number of likely N-dealkylation sites (N-methyl/N-ethyl adjacent to an activating group) is 1. The van der Waals surface area contributed by atoms with Gasteiger partial charge >= 0.3 is 5.97 Å². The molecule has 0 aliphatic rings. The van der Waals surface area contributed by atoms with Crippen LogP contribution in [0.4, 0.5) is 0 Å². The van der Waals surface area contributed by atoms with Crippen LogP contribution in [0, 0.1) is 0 Å². The first-order valence-electron chi connectivity index (χ1n) is 6.83. The predicted molar refractivity (Wildman–Crippen MR) is 75.1 cm³/mol. The van der Waals surface area contributed by atoms with E-state index in [4.69, 9.17) is 4.74 Å². The molecular weight excluding hydrogens is 242 g/mol. The number of aryl methyl sites for hydroxylation is 3. The zero-order valence-corrected chi connectivity index (χ0v) is 12.6. The van der Waals surface area contributed by atoms with E-state index in [0.717, 1.165) is 18.5 Å². The van der Waals surface area contributed by atoms with Gasteiger partial charge in [0, 0.05) is 12.2 Å². The van der Waals surface area contributed by atoms with Crippen molar-refractivity contribution in [3.8, 4) is 0 Å². The molecule has 108 valence electrons. The monoisotopic (exact) mass is 267 g/mol. The fourth-order valence-corrected chi connectivity index (χ4v) is 2.05. The highest BCUT2D eigenvalue weighted by molar-refractivity contribution is 5.80. The van der Waals surface area contributed by atoms with Crippen molar-refractivity contribution in [1.82, 2.24) is 15.1 Å². The van der Waals surface area contributed by atoms with Crippen LogP contribution in [-0.4, -0.2) is 35.4 Å². The fourth-order valence-electron chi connectivity index (χ4n) is 2.05. The van der Waals surface area contributed by atoms with Gasteiger partial charge in [0.1, 0.15) is 5.54 Å². The molecule has 0 aromatic carbocycles. The molecule has 0 saturated carbocycles. The average Bonchev–Trinajstić information content (AvgIpc) is 2.86. The minimum atomic E-state index is -0.669. The van der Waals surface area contributed by atoms with Gasteiger partial charge in [0.05, 0.1) is 12.8 Å². The van der Waals surface area contributed by atoms with E-state index in [0.29, 0.717) is 13.0 Å². The minimum Gasteiger partial charge on any atom is -0.468 e. The number of carbonyl (C=O) groups excluding carboxylic acids is 1. The molecule has 1 unspecified atom stereocenters. The predicted octanol–water partition coefficient (Wildman–Crippen LogP) is 1.55. The first kappa shape index (κ1) is 15.7. The summed E-state index contributed by atoms with van der Waals surface area (Å²) in [7, 11) is 3.19. The van der Waals surface area contributed by atoms with E-state index in [1.54, 1.807) is 7.05 Å². The topological polar surface area (TPSA) is 56.2 Å². The summed E-state index contributed by atoms with van der Waals surface area (Å²) in [6, 6.07) is 2.13. The summed E-state index contributed by atoms with van der Waals surface area (Å²) >= 11 is 0. The Morgan fingerprint density at radius 3 is 2.63 bits per heavy atom. The van der Waals surface area contributed by atoms with Crippen molar-refractivity contribution in [2.24, 2.45) is 0 Å². The first-order chi connectivity index (χ1) is 9.00. The zero-order valence-electron chi connectivity index (χ0n) is 12.6. The van der Waals surface area contributed by atoms with Gasteiger partial charge in [-0.1, -0.05) is 13.8 Å². The largest absolute Gasteiger partial charge is 0.468 e. The second-order valence-electron chi connectivity index (χ2n) is 4.88. The SMILES string of the molecule is CCc1cc(CC)n(CCC(C)(NC)C(=O)OC)n1. The molecule has 1 atom stereocenters. The second kappa shape index (κ2) is 6.70. The van der Waals surface area contributed by atoms with Crippen molar-refractivity contribution in [1.29, 1.82) is 0 Å². The molecule has 5 heteroatoms. The molecule has 0 saturated heterocycles. The van der Waals surface area contributed by atoms with E-state index in [1.165, 1.54) is 12.8 Å². The number of aromatic nitrogens is 2. The van der Waals surface area contributed by atoms with Crippen LogP contribution < -0.4 is 5.32 Å². The first-order valence-corrected chi connectivity index (χ1v) is 6.83. The Labute approximate surface area is 115 Å². The molecule has 1 aromatic heterocycles. The van der Waals surface area contributed by atoms with Gasteiger partial charge in [-0.05, 0) is 39.3 Å². The molecule has 0 amide bonds. The Morgan fingerprint density at radius 2 is 2.16 bits per heavy atom. The van der Waals surface area contributed by atoms with E-state index in [9.17, 15) is 4.79 Å². The maximum Gasteiger partial charge on any atom is 0.325 e. The van der Waals surface area contributed by atoms with E-state index in [1.807, 2.05) is 11.6 Å². The quantitative estimate of drug-likeness (QED) is 0.762. The zero-order chi connectivity index (χ0) is 14.5. The fraction of sp³-hybridized carbons (Fsp3) is 0.714. The number of carbonyl (C=O) groups is 1. The van der Waals surface area contributed by atoms with E-state index in [-0.39, 0.29) is 5.97 Å². The van der Waals surface area contributed by atoms with E-state index in [2.05, 4.69) is 30.3 Å². The van der Waals surface area contributed by atoms with Crippen molar-refractivity contribution in [3.63, 3.8) is 0 Å².